The van der Waals surface area contributed by atoms with Crippen LogP contribution in [-0.2, 0) is 9.47 Å². The van der Waals surface area contributed by atoms with E-state index in [2.05, 4.69) is 44.5 Å². The summed E-state index contributed by atoms with van der Waals surface area (Å²) in [5.41, 5.74) is 1.28. The van der Waals surface area contributed by atoms with Crippen molar-refractivity contribution >= 4 is 13.2 Å². The normalized spacial score (nSPS) is 13.1. The first-order valence-corrected chi connectivity index (χ1v) is 7.27. The molecule has 0 saturated carbocycles. The highest BCUT2D eigenvalue weighted by Crippen LogP contribution is 2.29. The number of hydrogen-bond acceptors (Lipinski definition) is 2. The Morgan fingerprint density at radius 3 is 2.53 bits per heavy atom. The Balaban J connectivity index is 2.82. The molecule has 0 N–H and O–H groups in total. The summed E-state index contributed by atoms with van der Waals surface area (Å²) in [4.78, 5) is 0. The van der Waals surface area contributed by atoms with E-state index in [0.717, 1.165) is 0 Å². The molecule has 0 heterocycles. The van der Waals surface area contributed by atoms with Gasteiger partial charge in [-0.2, -0.15) is 0 Å². The maximum absolute atomic E-state index is 5.56. The summed E-state index contributed by atoms with van der Waals surface area (Å²) in [7, 11) is 1.56. The van der Waals surface area contributed by atoms with Crippen LogP contribution in [0.4, 0.5) is 0 Å². The van der Waals surface area contributed by atoms with Crippen LogP contribution >= 0.6 is 7.92 Å². The topological polar surface area (TPSA) is 18.5 Å². The molecule has 2 nitrogen and oxygen atoms in total. The molecule has 0 aliphatic heterocycles. The van der Waals surface area contributed by atoms with Crippen molar-refractivity contribution in [2.24, 2.45) is 0 Å². The first kappa shape index (κ1) is 12.6. The van der Waals surface area contributed by atoms with E-state index in [4.69, 9.17) is 9.47 Å². The molecule has 0 bridgehead atoms. The van der Waals surface area contributed by atoms with Crippen LogP contribution in [0.1, 0.15) is 18.6 Å². The summed E-state index contributed by atoms with van der Waals surface area (Å²) < 4.78 is 10.5. The third kappa shape index (κ3) is 3.57. The molecule has 0 saturated heterocycles. The summed E-state index contributed by atoms with van der Waals surface area (Å²) in [5, 5.41) is 1.41. The molecule has 3 heteroatoms. The molecule has 84 valence electrons. The fourth-order valence-corrected chi connectivity index (χ4v) is 2.66. The predicted molar refractivity (Wildman–Crippen MR) is 66.2 cm³/mol. The molecule has 0 aliphatic rings. The van der Waals surface area contributed by atoms with Crippen molar-refractivity contribution in [3.05, 3.63) is 29.8 Å². The molecule has 1 aromatic carbocycles. The van der Waals surface area contributed by atoms with Gasteiger partial charge in [-0.1, -0.05) is 32.2 Å². The van der Waals surface area contributed by atoms with Gasteiger partial charge in [0.25, 0.3) is 0 Å². The standard InChI is InChI=1S/C12H19O2P/c1-10(14-9-13-2)11-7-5-6-8-12(11)15(3)4/h5-8,10H,9H2,1-4H3/t10-/m1/s1. The lowest BCUT2D eigenvalue weighted by atomic mass is 10.1. The van der Waals surface area contributed by atoms with Crippen molar-refractivity contribution in [3.63, 3.8) is 0 Å². The van der Waals surface area contributed by atoms with Gasteiger partial charge in [0.15, 0.2) is 0 Å². The van der Waals surface area contributed by atoms with Gasteiger partial charge in [0.05, 0.1) is 6.10 Å². The third-order valence-corrected chi connectivity index (χ3v) is 3.66. The van der Waals surface area contributed by atoms with Crippen molar-refractivity contribution in [1.82, 2.24) is 0 Å². The summed E-state index contributed by atoms with van der Waals surface area (Å²) >= 11 is 0. The van der Waals surface area contributed by atoms with E-state index < -0.39 is 0 Å². The highest BCUT2D eigenvalue weighted by molar-refractivity contribution is 7.64. The minimum absolute atomic E-state index is 0.0846. The van der Waals surface area contributed by atoms with Crippen molar-refractivity contribution in [2.75, 3.05) is 27.2 Å². The molecular weight excluding hydrogens is 207 g/mol. The summed E-state index contributed by atoms with van der Waals surface area (Å²) in [6, 6.07) is 8.47. The lowest BCUT2D eigenvalue weighted by molar-refractivity contribution is -0.0663. The van der Waals surface area contributed by atoms with Gasteiger partial charge in [-0.25, -0.2) is 0 Å². The van der Waals surface area contributed by atoms with Crippen LogP contribution in [-0.4, -0.2) is 27.2 Å². The van der Waals surface area contributed by atoms with E-state index >= 15 is 0 Å². The maximum atomic E-state index is 5.56. The van der Waals surface area contributed by atoms with Gasteiger partial charge in [0.2, 0.25) is 0 Å². The smallest absolute Gasteiger partial charge is 0.147 e. The highest BCUT2D eigenvalue weighted by atomic mass is 31.1. The Hall–Kier alpha value is -0.430. The Morgan fingerprint density at radius 1 is 1.27 bits per heavy atom. The van der Waals surface area contributed by atoms with Crippen LogP contribution < -0.4 is 5.30 Å². The lowest BCUT2D eigenvalue weighted by Crippen LogP contribution is -2.13. The summed E-state index contributed by atoms with van der Waals surface area (Å²) in [5.74, 6) is 0. The number of ether oxygens (including phenoxy) is 2. The molecule has 1 aromatic rings. The van der Waals surface area contributed by atoms with Crippen molar-refractivity contribution < 1.29 is 9.47 Å². The van der Waals surface area contributed by atoms with Crippen LogP contribution in [0.5, 0.6) is 0 Å². The van der Waals surface area contributed by atoms with Gasteiger partial charge < -0.3 is 9.47 Å². The van der Waals surface area contributed by atoms with Crippen molar-refractivity contribution in [3.8, 4) is 0 Å². The molecule has 0 unspecified atom stereocenters. The van der Waals surface area contributed by atoms with Crippen LogP contribution in [0.3, 0.4) is 0 Å². The zero-order chi connectivity index (χ0) is 11.3. The van der Waals surface area contributed by atoms with Gasteiger partial charge in [0.1, 0.15) is 6.79 Å². The second-order valence-electron chi connectivity index (χ2n) is 3.67. The monoisotopic (exact) mass is 226 g/mol. The van der Waals surface area contributed by atoms with Gasteiger partial charge in [-0.05, 0) is 31.1 Å². The molecular formula is C12H19O2P. The third-order valence-electron chi connectivity index (χ3n) is 2.29. The minimum Gasteiger partial charge on any atom is -0.359 e. The van der Waals surface area contributed by atoms with E-state index in [1.54, 1.807) is 7.11 Å². The average Bonchev–Trinajstić information content (AvgIpc) is 2.25. The fourth-order valence-electron chi connectivity index (χ4n) is 1.50. The SMILES string of the molecule is COCO[C@H](C)c1ccccc1P(C)C. The highest BCUT2D eigenvalue weighted by Gasteiger charge is 2.12. The molecule has 0 spiro atoms. The Labute approximate surface area is 93.3 Å². The molecule has 0 aliphatic carbocycles. The van der Waals surface area contributed by atoms with Crippen molar-refractivity contribution in [2.45, 2.75) is 13.0 Å². The summed E-state index contributed by atoms with van der Waals surface area (Å²) in [6.07, 6.45) is 0.103. The zero-order valence-electron chi connectivity index (χ0n) is 9.86. The van der Waals surface area contributed by atoms with Gasteiger partial charge in [-0.15, -0.1) is 0 Å². The second kappa shape index (κ2) is 6.22. The van der Waals surface area contributed by atoms with E-state index in [-0.39, 0.29) is 14.0 Å². The number of methoxy groups -OCH3 is 1. The molecule has 0 fully saturated rings. The fraction of sp³-hybridized carbons (Fsp3) is 0.500. The predicted octanol–water partition coefficient (Wildman–Crippen LogP) is 2.73. The van der Waals surface area contributed by atoms with Crippen LogP contribution in [0, 0.1) is 0 Å². The molecule has 0 radical (unpaired) electrons. The van der Waals surface area contributed by atoms with E-state index in [9.17, 15) is 0 Å². The second-order valence-corrected chi connectivity index (χ2v) is 5.94. The Bertz CT molecular complexity index is 299. The summed E-state index contributed by atoms with van der Waals surface area (Å²) in [6.45, 7) is 6.94. The lowest BCUT2D eigenvalue weighted by Gasteiger charge is -2.18. The zero-order valence-corrected chi connectivity index (χ0v) is 10.8. The molecule has 0 aromatic heterocycles. The van der Waals surface area contributed by atoms with Crippen molar-refractivity contribution in [1.29, 1.82) is 0 Å². The van der Waals surface area contributed by atoms with Gasteiger partial charge in [-0.3, -0.25) is 0 Å². The van der Waals surface area contributed by atoms with E-state index in [1.165, 1.54) is 10.9 Å². The minimum atomic E-state index is -0.0846. The first-order chi connectivity index (χ1) is 7.16. The number of rotatable bonds is 5. The van der Waals surface area contributed by atoms with E-state index in [0.29, 0.717) is 6.79 Å². The molecule has 0 amide bonds. The largest absolute Gasteiger partial charge is 0.359 e. The van der Waals surface area contributed by atoms with E-state index in [1.807, 2.05) is 0 Å². The molecule has 1 rings (SSSR count). The average molecular weight is 226 g/mol. The molecule has 15 heavy (non-hydrogen) atoms. The first-order valence-electron chi connectivity index (χ1n) is 5.03. The van der Waals surface area contributed by atoms with Crippen LogP contribution in [0.25, 0.3) is 0 Å². The Morgan fingerprint density at radius 2 is 1.93 bits per heavy atom. The van der Waals surface area contributed by atoms with Crippen LogP contribution in [0.2, 0.25) is 0 Å². The quantitative estimate of drug-likeness (QED) is 0.567. The molecule has 1 atom stereocenters. The number of benzene rings is 1. The van der Waals surface area contributed by atoms with Gasteiger partial charge in [0, 0.05) is 7.11 Å². The maximum Gasteiger partial charge on any atom is 0.147 e. The Kier molecular flexibility index (Phi) is 5.24. The van der Waals surface area contributed by atoms with Gasteiger partial charge >= 0.3 is 0 Å². The van der Waals surface area contributed by atoms with Crippen LogP contribution in [0.15, 0.2) is 24.3 Å². The number of hydrogen-bond donors (Lipinski definition) is 0.